The summed E-state index contributed by atoms with van der Waals surface area (Å²) in [5.41, 5.74) is 7.37. The molecule has 29 heavy (non-hydrogen) atoms. The Morgan fingerprint density at radius 3 is 2.52 bits per heavy atom. The maximum Gasteiger partial charge on any atom is 0.323 e. The number of nitrogens with two attached hydrogens (primary N) is 1. The van der Waals surface area contributed by atoms with E-state index in [1.54, 1.807) is 43.5 Å². The third-order valence-corrected chi connectivity index (χ3v) is 4.75. The zero-order chi connectivity index (χ0) is 21.2. The van der Waals surface area contributed by atoms with Crippen LogP contribution in [0, 0.1) is 5.41 Å². The van der Waals surface area contributed by atoms with Crippen molar-refractivity contribution in [1.82, 2.24) is 10.2 Å². The molecule has 3 rings (SSSR count). The van der Waals surface area contributed by atoms with Gasteiger partial charge in [0.25, 0.3) is 5.56 Å². The van der Waals surface area contributed by atoms with Crippen LogP contribution in [0.5, 0.6) is 5.75 Å². The number of aromatic amines is 1. The average Bonchev–Trinajstić information content (AvgIpc) is 2.67. The molecule has 0 spiro atoms. The second-order valence-corrected chi connectivity index (χ2v) is 8.17. The second kappa shape index (κ2) is 7.95. The Kier molecular flexibility index (Phi) is 5.59. The molecule has 152 valence electrons. The van der Waals surface area contributed by atoms with Crippen LogP contribution in [0.1, 0.15) is 32.9 Å². The Balaban J connectivity index is 2.08. The smallest absolute Gasteiger partial charge is 0.323 e. The fraction of sp³-hybridized carbons (Fsp3) is 0.318. The van der Waals surface area contributed by atoms with Crippen molar-refractivity contribution in [3.63, 3.8) is 0 Å². The summed E-state index contributed by atoms with van der Waals surface area (Å²) in [6, 6.07) is 11.6. The Hall–Kier alpha value is -3.35. The van der Waals surface area contributed by atoms with Gasteiger partial charge in [0.15, 0.2) is 0 Å². The van der Waals surface area contributed by atoms with E-state index in [9.17, 15) is 9.59 Å². The van der Waals surface area contributed by atoms with Gasteiger partial charge in [0.1, 0.15) is 5.75 Å². The van der Waals surface area contributed by atoms with Crippen molar-refractivity contribution in [3.8, 4) is 5.75 Å². The highest BCUT2D eigenvalue weighted by Crippen LogP contribution is 2.31. The molecule has 0 radical (unpaired) electrons. The maximum absolute atomic E-state index is 12.4. The van der Waals surface area contributed by atoms with E-state index >= 15 is 0 Å². The largest absolute Gasteiger partial charge is 0.497 e. The van der Waals surface area contributed by atoms with Crippen molar-refractivity contribution >= 4 is 28.2 Å². The van der Waals surface area contributed by atoms with Crippen molar-refractivity contribution < 1.29 is 9.53 Å². The summed E-state index contributed by atoms with van der Waals surface area (Å²) in [4.78, 5) is 26.0. The van der Waals surface area contributed by atoms with E-state index in [1.807, 2.05) is 6.07 Å². The van der Waals surface area contributed by atoms with Crippen LogP contribution in [0.15, 0.2) is 47.3 Å². The summed E-state index contributed by atoms with van der Waals surface area (Å²) in [6.45, 7) is 6.49. The summed E-state index contributed by atoms with van der Waals surface area (Å²) in [5.74, 6) is 0.598. The number of nitrogens with zero attached hydrogens (tertiary/aromatic N) is 2. The Morgan fingerprint density at radius 2 is 1.86 bits per heavy atom. The van der Waals surface area contributed by atoms with Crippen LogP contribution < -0.4 is 20.9 Å². The normalized spacial score (nSPS) is 11.4. The van der Waals surface area contributed by atoms with E-state index in [2.05, 4.69) is 31.0 Å². The number of hydrogen-bond donors (Lipinski definition) is 2. The van der Waals surface area contributed by atoms with Gasteiger partial charge in [-0.1, -0.05) is 32.9 Å². The number of rotatable bonds is 5. The third kappa shape index (κ3) is 4.56. The van der Waals surface area contributed by atoms with Gasteiger partial charge in [-0.15, -0.1) is 0 Å². The molecule has 3 aromatic rings. The van der Waals surface area contributed by atoms with Gasteiger partial charge in [0.2, 0.25) is 0 Å². The lowest BCUT2D eigenvalue weighted by Crippen LogP contribution is -2.31. The highest BCUT2D eigenvalue weighted by atomic mass is 16.5. The number of carbonyl (C=O) groups is 1. The van der Waals surface area contributed by atoms with Gasteiger partial charge >= 0.3 is 6.03 Å². The number of methoxy groups -OCH3 is 1. The van der Waals surface area contributed by atoms with Crippen LogP contribution >= 0.6 is 0 Å². The van der Waals surface area contributed by atoms with Crippen LogP contribution in [0.4, 0.5) is 16.2 Å². The van der Waals surface area contributed by atoms with Gasteiger partial charge < -0.3 is 10.5 Å². The van der Waals surface area contributed by atoms with E-state index in [0.29, 0.717) is 22.5 Å². The van der Waals surface area contributed by atoms with Crippen LogP contribution in [-0.2, 0) is 6.42 Å². The molecule has 7 nitrogen and oxygen atoms in total. The molecule has 0 aliphatic carbocycles. The van der Waals surface area contributed by atoms with E-state index in [-0.39, 0.29) is 11.0 Å². The Morgan fingerprint density at radius 1 is 1.14 bits per heavy atom. The van der Waals surface area contributed by atoms with E-state index in [1.165, 1.54) is 4.90 Å². The predicted molar refractivity (Wildman–Crippen MR) is 115 cm³/mol. The van der Waals surface area contributed by atoms with Gasteiger partial charge in [-0.05, 0) is 42.5 Å². The van der Waals surface area contributed by atoms with Crippen molar-refractivity contribution in [1.29, 1.82) is 0 Å². The first-order valence-electron chi connectivity index (χ1n) is 9.44. The molecular formula is C22H26N4O3. The summed E-state index contributed by atoms with van der Waals surface area (Å²) in [6.07, 6.45) is 1.67. The number of urea groups is 1. The number of anilines is 2. The zero-order valence-electron chi connectivity index (χ0n) is 17.2. The molecule has 7 heteroatoms. The lowest BCUT2D eigenvalue weighted by molar-refractivity contribution is 0.256. The molecule has 1 heterocycles. The summed E-state index contributed by atoms with van der Waals surface area (Å²) in [7, 11) is 1.55. The van der Waals surface area contributed by atoms with Gasteiger partial charge in [0, 0.05) is 11.5 Å². The molecule has 1 aromatic heterocycles. The highest BCUT2D eigenvalue weighted by molar-refractivity contribution is 6.01. The minimum Gasteiger partial charge on any atom is -0.497 e. The first-order valence-corrected chi connectivity index (χ1v) is 9.44. The Bertz CT molecular complexity index is 1100. The lowest BCUT2D eigenvalue weighted by atomic mass is 9.89. The molecule has 0 unspecified atom stereocenters. The number of amides is 2. The average molecular weight is 394 g/mol. The number of nitrogens with one attached hydrogen (secondary N) is 1. The van der Waals surface area contributed by atoms with Crippen molar-refractivity contribution in [2.75, 3.05) is 12.0 Å². The number of benzene rings is 2. The summed E-state index contributed by atoms with van der Waals surface area (Å²) < 4.78 is 5.24. The SMILES string of the molecule is COc1cccc(N(C(N)=O)c2ccc3c(CCC(C)(C)C)n[nH]c(=O)c3c2)c1. The molecular weight excluding hydrogens is 368 g/mol. The van der Waals surface area contributed by atoms with Gasteiger partial charge in [-0.3, -0.25) is 9.69 Å². The number of hydrogen-bond acceptors (Lipinski definition) is 4. The number of aromatic nitrogens is 2. The summed E-state index contributed by atoms with van der Waals surface area (Å²) >= 11 is 0. The summed E-state index contributed by atoms with van der Waals surface area (Å²) in [5, 5.41) is 8.06. The van der Waals surface area contributed by atoms with E-state index in [4.69, 9.17) is 10.5 Å². The number of ether oxygens (including phenoxy) is 1. The van der Waals surface area contributed by atoms with Crippen molar-refractivity contribution in [2.24, 2.45) is 11.1 Å². The molecule has 3 N–H and O–H groups in total. The second-order valence-electron chi connectivity index (χ2n) is 8.17. The minimum absolute atomic E-state index is 0.152. The van der Waals surface area contributed by atoms with E-state index in [0.717, 1.165) is 23.9 Å². The quantitative estimate of drug-likeness (QED) is 0.679. The number of fused-ring (bicyclic) bond motifs is 1. The van der Waals surface area contributed by atoms with E-state index < -0.39 is 6.03 Å². The molecule has 0 saturated heterocycles. The van der Waals surface area contributed by atoms with Gasteiger partial charge in [-0.25, -0.2) is 9.89 Å². The zero-order valence-corrected chi connectivity index (χ0v) is 17.2. The van der Waals surface area contributed by atoms with Gasteiger partial charge in [0.05, 0.1) is 29.6 Å². The highest BCUT2D eigenvalue weighted by Gasteiger charge is 2.18. The fourth-order valence-electron chi connectivity index (χ4n) is 3.19. The molecule has 0 fully saturated rings. The molecule has 0 atom stereocenters. The van der Waals surface area contributed by atoms with Crippen molar-refractivity contribution in [2.45, 2.75) is 33.6 Å². The molecule has 0 aliphatic heterocycles. The fourth-order valence-corrected chi connectivity index (χ4v) is 3.19. The standard InChI is InChI=1S/C22H26N4O3/c1-22(2,3)11-10-19-17-9-8-15(13-18(17)20(27)25-24-19)26(21(23)28)14-6-5-7-16(12-14)29-4/h5-9,12-13H,10-11H2,1-4H3,(H2,23,28)(H,25,27). The number of primary amides is 1. The molecule has 0 saturated carbocycles. The number of H-pyrrole nitrogens is 1. The van der Waals surface area contributed by atoms with Crippen LogP contribution in [0.25, 0.3) is 10.8 Å². The van der Waals surface area contributed by atoms with Crippen molar-refractivity contribution in [3.05, 3.63) is 58.5 Å². The predicted octanol–water partition coefficient (Wildman–Crippen LogP) is 4.13. The molecule has 0 bridgehead atoms. The first-order chi connectivity index (χ1) is 13.7. The number of aryl methyl sites for hydroxylation is 1. The Labute approximate surface area is 169 Å². The number of carbonyl (C=O) groups excluding carboxylic acids is 1. The first kappa shape index (κ1) is 20.4. The maximum atomic E-state index is 12.4. The monoisotopic (exact) mass is 394 g/mol. The van der Waals surface area contributed by atoms with Crippen LogP contribution in [0.3, 0.4) is 0 Å². The minimum atomic E-state index is -0.656. The van der Waals surface area contributed by atoms with Crippen LogP contribution in [0.2, 0.25) is 0 Å². The topological polar surface area (TPSA) is 101 Å². The van der Waals surface area contributed by atoms with Crippen LogP contribution in [-0.4, -0.2) is 23.3 Å². The van der Waals surface area contributed by atoms with Gasteiger partial charge in [-0.2, -0.15) is 5.10 Å². The molecule has 2 aromatic carbocycles. The third-order valence-electron chi connectivity index (χ3n) is 4.75. The molecule has 0 aliphatic rings. The molecule has 2 amide bonds. The lowest BCUT2D eigenvalue weighted by Gasteiger charge is -2.22.